The first kappa shape index (κ1) is 15.7. The SMILES string of the molecule is C=CC(=O)NC(CCC)C(=O)N(CC)C1CCCC1. The number of hydrogen-bond donors (Lipinski definition) is 1. The van der Waals surface area contributed by atoms with Crippen LogP contribution in [0.15, 0.2) is 12.7 Å². The molecule has 19 heavy (non-hydrogen) atoms. The fraction of sp³-hybridized carbons (Fsp3) is 0.733. The smallest absolute Gasteiger partial charge is 0.245 e. The number of hydrogen-bond acceptors (Lipinski definition) is 2. The highest BCUT2D eigenvalue weighted by atomic mass is 16.2. The molecule has 0 spiro atoms. The lowest BCUT2D eigenvalue weighted by Crippen LogP contribution is -2.51. The first-order chi connectivity index (χ1) is 9.13. The van der Waals surface area contributed by atoms with E-state index in [-0.39, 0.29) is 11.8 Å². The molecular weight excluding hydrogens is 240 g/mol. The molecule has 0 heterocycles. The van der Waals surface area contributed by atoms with Gasteiger partial charge in [0.25, 0.3) is 0 Å². The van der Waals surface area contributed by atoms with Crippen LogP contribution in [0.4, 0.5) is 0 Å². The van der Waals surface area contributed by atoms with Crippen LogP contribution in [0.5, 0.6) is 0 Å². The van der Waals surface area contributed by atoms with Crippen molar-refractivity contribution in [2.24, 2.45) is 0 Å². The Morgan fingerprint density at radius 3 is 2.47 bits per heavy atom. The van der Waals surface area contributed by atoms with Gasteiger partial charge in [-0.05, 0) is 32.3 Å². The molecule has 0 bridgehead atoms. The molecule has 0 radical (unpaired) electrons. The molecule has 1 atom stereocenters. The predicted molar refractivity (Wildman–Crippen MR) is 76.7 cm³/mol. The van der Waals surface area contributed by atoms with Crippen LogP contribution in [0.1, 0.15) is 52.4 Å². The van der Waals surface area contributed by atoms with Crippen molar-refractivity contribution in [2.75, 3.05) is 6.54 Å². The van der Waals surface area contributed by atoms with Gasteiger partial charge in [-0.15, -0.1) is 0 Å². The predicted octanol–water partition coefficient (Wildman–Crippen LogP) is 2.25. The summed E-state index contributed by atoms with van der Waals surface area (Å²) < 4.78 is 0. The lowest BCUT2D eigenvalue weighted by atomic mass is 10.1. The minimum Gasteiger partial charge on any atom is -0.341 e. The van der Waals surface area contributed by atoms with Crippen molar-refractivity contribution in [3.8, 4) is 0 Å². The number of carbonyl (C=O) groups excluding carboxylic acids is 2. The van der Waals surface area contributed by atoms with Crippen LogP contribution in [-0.4, -0.2) is 35.3 Å². The first-order valence-corrected chi connectivity index (χ1v) is 7.37. The van der Waals surface area contributed by atoms with Gasteiger partial charge >= 0.3 is 0 Å². The van der Waals surface area contributed by atoms with Crippen molar-refractivity contribution in [3.63, 3.8) is 0 Å². The third-order valence-corrected chi connectivity index (χ3v) is 3.77. The molecule has 0 aromatic rings. The number of amides is 2. The third-order valence-electron chi connectivity index (χ3n) is 3.77. The monoisotopic (exact) mass is 266 g/mol. The van der Waals surface area contributed by atoms with E-state index in [9.17, 15) is 9.59 Å². The van der Waals surface area contributed by atoms with E-state index in [2.05, 4.69) is 11.9 Å². The van der Waals surface area contributed by atoms with Crippen molar-refractivity contribution in [1.29, 1.82) is 0 Å². The zero-order valence-corrected chi connectivity index (χ0v) is 12.2. The van der Waals surface area contributed by atoms with Gasteiger partial charge in [0.1, 0.15) is 6.04 Å². The largest absolute Gasteiger partial charge is 0.341 e. The number of rotatable bonds is 7. The van der Waals surface area contributed by atoms with Gasteiger partial charge in [0.2, 0.25) is 11.8 Å². The highest BCUT2D eigenvalue weighted by Gasteiger charge is 2.30. The van der Waals surface area contributed by atoms with E-state index in [1.54, 1.807) is 0 Å². The molecule has 1 rings (SSSR count). The highest BCUT2D eigenvalue weighted by Crippen LogP contribution is 2.24. The van der Waals surface area contributed by atoms with Gasteiger partial charge in [-0.25, -0.2) is 0 Å². The highest BCUT2D eigenvalue weighted by molar-refractivity contribution is 5.92. The van der Waals surface area contributed by atoms with E-state index < -0.39 is 6.04 Å². The van der Waals surface area contributed by atoms with Gasteiger partial charge in [-0.2, -0.15) is 0 Å². The number of nitrogens with zero attached hydrogens (tertiary/aromatic N) is 1. The maximum Gasteiger partial charge on any atom is 0.245 e. The Morgan fingerprint density at radius 1 is 1.37 bits per heavy atom. The molecule has 4 heteroatoms. The molecule has 1 aliphatic rings. The average Bonchev–Trinajstić information content (AvgIpc) is 2.92. The normalized spacial score (nSPS) is 16.9. The lowest BCUT2D eigenvalue weighted by molar-refractivity contribution is -0.137. The van der Waals surface area contributed by atoms with E-state index in [1.165, 1.54) is 18.9 Å². The molecule has 0 aliphatic heterocycles. The van der Waals surface area contributed by atoms with Gasteiger partial charge in [-0.1, -0.05) is 32.8 Å². The Bertz CT molecular complexity index is 322. The van der Waals surface area contributed by atoms with Crippen molar-refractivity contribution >= 4 is 11.8 Å². The minimum absolute atomic E-state index is 0.0615. The molecule has 1 saturated carbocycles. The van der Waals surface area contributed by atoms with Gasteiger partial charge < -0.3 is 10.2 Å². The van der Waals surface area contributed by atoms with Crippen LogP contribution in [0.2, 0.25) is 0 Å². The Morgan fingerprint density at radius 2 is 2.00 bits per heavy atom. The van der Waals surface area contributed by atoms with Gasteiger partial charge in [0.15, 0.2) is 0 Å². The third kappa shape index (κ3) is 4.37. The number of carbonyl (C=O) groups is 2. The van der Waals surface area contributed by atoms with Crippen molar-refractivity contribution < 1.29 is 9.59 Å². The summed E-state index contributed by atoms with van der Waals surface area (Å²) in [6.45, 7) is 8.18. The second-order valence-corrected chi connectivity index (χ2v) is 5.12. The molecule has 2 amide bonds. The topological polar surface area (TPSA) is 49.4 Å². The minimum atomic E-state index is -0.406. The molecule has 4 nitrogen and oxygen atoms in total. The van der Waals surface area contributed by atoms with Crippen LogP contribution >= 0.6 is 0 Å². The molecule has 1 unspecified atom stereocenters. The summed E-state index contributed by atoms with van der Waals surface area (Å²) in [4.78, 5) is 26.0. The van der Waals surface area contributed by atoms with Crippen molar-refractivity contribution in [3.05, 3.63) is 12.7 Å². The van der Waals surface area contributed by atoms with Gasteiger partial charge in [0.05, 0.1) is 0 Å². The molecule has 0 saturated heterocycles. The maximum atomic E-state index is 12.6. The van der Waals surface area contributed by atoms with Crippen molar-refractivity contribution in [1.82, 2.24) is 10.2 Å². The Balaban J connectivity index is 2.71. The van der Waals surface area contributed by atoms with Crippen molar-refractivity contribution in [2.45, 2.75) is 64.5 Å². The standard InChI is InChI=1S/C15H26N2O2/c1-4-9-13(16-14(18)5-2)15(19)17(6-3)12-10-7-8-11-12/h5,12-13H,2,4,6-11H2,1,3H3,(H,16,18). The molecule has 0 aromatic heterocycles. The summed E-state index contributed by atoms with van der Waals surface area (Å²) >= 11 is 0. The average molecular weight is 266 g/mol. The summed E-state index contributed by atoms with van der Waals surface area (Å²) in [6, 6.07) is -0.0476. The molecule has 0 aromatic carbocycles. The maximum absolute atomic E-state index is 12.6. The quantitative estimate of drug-likeness (QED) is 0.718. The molecular formula is C15H26N2O2. The number of nitrogens with one attached hydrogen (secondary N) is 1. The molecule has 1 N–H and O–H groups in total. The summed E-state index contributed by atoms with van der Waals surface area (Å²) in [6.07, 6.45) is 7.36. The summed E-state index contributed by atoms with van der Waals surface area (Å²) in [7, 11) is 0. The summed E-state index contributed by atoms with van der Waals surface area (Å²) in [5, 5.41) is 2.76. The first-order valence-electron chi connectivity index (χ1n) is 7.37. The van der Waals surface area contributed by atoms with Crippen LogP contribution in [-0.2, 0) is 9.59 Å². The van der Waals surface area contributed by atoms with E-state index in [4.69, 9.17) is 0 Å². The van der Waals surface area contributed by atoms with E-state index >= 15 is 0 Å². The van der Waals surface area contributed by atoms with Crippen LogP contribution in [0.3, 0.4) is 0 Å². The van der Waals surface area contributed by atoms with E-state index in [1.807, 2.05) is 18.7 Å². The molecule has 108 valence electrons. The van der Waals surface area contributed by atoms with Gasteiger partial charge in [-0.3, -0.25) is 9.59 Å². The Hall–Kier alpha value is -1.32. The summed E-state index contributed by atoms with van der Waals surface area (Å²) in [5.41, 5.74) is 0. The second kappa shape index (κ2) is 7.97. The van der Waals surface area contributed by atoms with Crippen LogP contribution in [0.25, 0.3) is 0 Å². The second-order valence-electron chi connectivity index (χ2n) is 5.12. The zero-order valence-electron chi connectivity index (χ0n) is 12.2. The lowest BCUT2D eigenvalue weighted by Gasteiger charge is -2.31. The van der Waals surface area contributed by atoms with Crippen LogP contribution < -0.4 is 5.32 Å². The number of likely N-dealkylation sites (N-methyl/N-ethyl adjacent to an activating group) is 1. The summed E-state index contributed by atoms with van der Waals surface area (Å²) in [5.74, 6) is -0.208. The van der Waals surface area contributed by atoms with E-state index in [0.29, 0.717) is 19.0 Å². The Labute approximate surface area is 116 Å². The fourth-order valence-corrected chi connectivity index (χ4v) is 2.79. The van der Waals surface area contributed by atoms with Crippen LogP contribution in [0, 0.1) is 0 Å². The fourth-order valence-electron chi connectivity index (χ4n) is 2.79. The molecule has 1 fully saturated rings. The Kier molecular flexibility index (Phi) is 6.60. The molecule has 1 aliphatic carbocycles. The zero-order chi connectivity index (χ0) is 14.3. The van der Waals surface area contributed by atoms with E-state index in [0.717, 1.165) is 19.3 Å². The van der Waals surface area contributed by atoms with Gasteiger partial charge in [0, 0.05) is 12.6 Å².